The quantitative estimate of drug-likeness (QED) is 0.672. The van der Waals surface area contributed by atoms with Gasteiger partial charge in [0.2, 0.25) is 0 Å². The fourth-order valence-corrected chi connectivity index (χ4v) is 4.09. The molecule has 0 aliphatic heterocycles. The molecule has 1 atom stereocenters. The standard InChI is InChI=1S/C19H16FNO4S/c20-15-8-10-16(11-9-15)26(23,24)18(17-7-4-12-25-17)13-21-19(22)14-5-2-1-3-6-14/h1-12,18H,13H2,(H,21,22)/t18-/m1/s1. The summed E-state index contributed by atoms with van der Waals surface area (Å²) in [4.78, 5) is 12.2. The molecule has 7 heteroatoms. The lowest BCUT2D eigenvalue weighted by atomic mass is 10.2. The summed E-state index contributed by atoms with van der Waals surface area (Å²) < 4.78 is 44.3. The summed E-state index contributed by atoms with van der Waals surface area (Å²) in [6.45, 7) is -0.180. The lowest BCUT2D eigenvalue weighted by Crippen LogP contribution is -2.31. The maximum atomic E-state index is 13.1. The van der Waals surface area contributed by atoms with Gasteiger partial charge in [-0.25, -0.2) is 12.8 Å². The number of hydrogen-bond donors (Lipinski definition) is 1. The molecule has 0 spiro atoms. The van der Waals surface area contributed by atoms with Crippen molar-refractivity contribution < 1.29 is 22.0 Å². The zero-order valence-electron chi connectivity index (χ0n) is 13.6. The zero-order valence-corrected chi connectivity index (χ0v) is 14.4. The van der Waals surface area contributed by atoms with Crippen LogP contribution in [0.1, 0.15) is 21.4 Å². The van der Waals surface area contributed by atoms with Crippen LogP contribution in [0.2, 0.25) is 0 Å². The van der Waals surface area contributed by atoms with E-state index in [4.69, 9.17) is 4.42 Å². The van der Waals surface area contributed by atoms with E-state index < -0.39 is 26.8 Å². The molecule has 0 aliphatic rings. The van der Waals surface area contributed by atoms with Gasteiger partial charge in [-0.15, -0.1) is 0 Å². The number of furan rings is 1. The number of benzene rings is 2. The Hall–Kier alpha value is -2.93. The van der Waals surface area contributed by atoms with Crippen molar-refractivity contribution in [2.75, 3.05) is 6.54 Å². The molecule has 0 saturated heterocycles. The van der Waals surface area contributed by atoms with E-state index in [-0.39, 0.29) is 17.2 Å². The van der Waals surface area contributed by atoms with Gasteiger partial charge in [-0.05, 0) is 48.5 Å². The van der Waals surface area contributed by atoms with Crippen molar-refractivity contribution in [1.82, 2.24) is 5.32 Å². The zero-order chi connectivity index (χ0) is 18.6. The molecule has 0 bridgehead atoms. The molecule has 1 heterocycles. The molecule has 2 aromatic carbocycles. The first-order valence-corrected chi connectivity index (χ1v) is 9.39. The summed E-state index contributed by atoms with van der Waals surface area (Å²) >= 11 is 0. The number of carbonyl (C=O) groups excluding carboxylic acids is 1. The molecule has 0 unspecified atom stereocenters. The van der Waals surface area contributed by atoms with Gasteiger partial charge in [0, 0.05) is 12.1 Å². The molecule has 26 heavy (non-hydrogen) atoms. The van der Waals surface area contributed by atoms with Crippen LogP contribution >= 0.6 is 0 Å². The molecule has 5 nitrogen and oxygen atoms in total. The number of sulfone groups is 1. The highest BCUT2D eigenvalue weighted by molar-refractivity contribution is 7.91. The Kier molecular flexibility index (Phi) is 5.18. The Balaban J connectivity index is 1.86. The second-order valence-electron chi connectivity index (χ2n) is 5.58. The summed E-state index contributed by atoms with van der Waals surface area (Å²) in [7, 11) is -3.89. The van der Waals surface area contributed by atoms with Crippen molar-refractivity contribution in [1.29, 1.82) is 0 Å². The SMILES string of the molecule is O=C(NC[C@H](c1ccco1)S(=O)(=O)c1ccc(F)cc1)c1ccccc1. The number of nitrogens with one attached hydrogen (secondary N) is 1. The topological polar surface area (TPSA) is 76.4 Å². The molecule has 1 amide bonds. The maximum Gasteiger partial charge on any atom is 0.251 e. The molecule has 0 radical (unpaired) electrons. The van der Waals surface area contributed by atoms with Crippen LogP contribution in [-0.4, -0.2) is 20.9 Å². The summed E-state index contributed by atoms with van der Waals surface area (Å²) in [5.41, 5.74) is 0.421. The van der Waals surface area contributed by atoms with Gasteiger partial charge in [-0.3, -0.25) is 4.79 Å². The van der Waals surface area contributed by atoms with E-state index in [1.807, 2.05) is 0 Å². The third kappa shape index (κ3) is 3.83. The molecule has 0 fully saturated rings. The minimum absolute atomic E-state index is 0.0470. The average molecular weight is 373 g/mol. The Morgan fingerprint density at radius 1 is 1.00 bits per heavy atom. The van der Waals surface area contributed by atoms with E-state index in [1.165, 1.54) is 24.5 Å². The third-order valence-corrected chi connectivity index (χ3v) is 5.94. The van der Waals surface area contributed by atoms with Crippen LogP contribution < -0.4 is 5.32 Å². The van der Waals surface area contributed by atoms with E-state index in [1.54, 1.807) is 36.4 Å². The minimum Gasteiger partial charge on any atom is -0.468 e. The van der Waals surface area contributed by atoms with Crippen LogP contribution in [-0.2, 0) is 9.84 Å². The molecule has 1 N–H and O–H groups in total. The molecule has 1 aromatic heterocycles. The van der Waals surface area contributed by atoms with Crippen LogP contribution in [0.15, 0.2) is 82.3 Å². The van der Waals surface area contributed by atoms with Crippen molar-refractivity contribution in [2.45, 2.75) is 10.1 Å². The number of halogens is 1. The van der Waals surface area contributed by atoms with Gasteiger partial charge in [0.1, 0.15) is 16.8 Å². The van der Waals surface area contributed by atoms with Gasteiger partial charge in [0.25, 0.3) is 5.91 Å². The highest BCUT2D eigenvalue weighted by atomic mass is 32.2. The minimum atomic E-state index is -3.89. The molecular formula is C19H16FNO4S. The van der Waals surface area contributed by atoms with Crippen molar-refractivity contribution in [2.24, 2.45) is 0 Å². The van der Waals surface area contributed by atoms with Gasteiger partial charge < -0.3 is 9.73 Å². The van der Waals surface area contributed by atoms with E-state index in [2.05, 4.69) is 5.32 Å². The highest BCUT2D eigenvalue weighted by Crippen LogP contribution is 2.29. The molecule has 3 aromatic rings. The van der Waals surface area contributed by atoms with Crippen molar-refractivity contribution in [3.8, 4) is 0 Å². The Bertz CT molecular complexity index is 968. The van der Waals surface area contributed by atoms with Crippen LogP contribution in [0.4, 0.5) is 4.39 Å². The summed E-state index contributed by atoms with van der Waals surface area (Å²) in [6, 6.07) is 16.1. The smallest absolute Gasteiger partial charge is 0.251 e. The molecule has 134 valence electrons. The molecule has 0 aliphatic carbocycles. The van der Waals surface area contributed by atoms with Crippen LogP contribution in [0.25, 0.3) is 0 Å². The average Bonchev–Trinajstić information content (AvgIpc) is 3.17. The van der Waals surface area contributed by atoms with E-state index >= 15 is 0 Å². The molecular weight excluding hydrogens is 357 g/mol. The predicted molar refractivity (Wildman–Crippen MR) is 93.8 cm³/mol. The van der Waals surface area contributed by atoms with Crippen molar-refractivity contribution >= 4 is 15.7 Å². The van der Waals surface area contributed by atoms with Crippen LogP contribution in [0, 0.1) is 5.82 Å². The number of amides is 1. The van der Waals surface area contributed by atoms with Gasteiger partial charge >= 0.3 is 0 Å². The summed E-state index contributed by atoms with van der Waals surface area (Å²) in [6.07, 6.45) is 1.36. The van der Waals surface area contributed by atoms with Crippen LogP contribution in [0.5, 0.6) is 0 Å². The molecule has 3 rings (SSSR count). The lowest BCUT2D eigenvalue weighted by Gasteiger charge is -2.16. The van der Waals surface area contributed by atoms with Crippen molar-refractivity contribution in [3.63, 3.8) is 0 Å². The van der Waals surface area contributed by atoms with E-state index in [9.17, 15) is 17.6 Å². The first-order valence-electron chi connectivity index (χ1n) is 7.84. The fourth-order valence-electron chi connectivity index (χ4n) is 2.50. The second-order valence-corrected chi connectivity index (χ2v) is 7.71. The first kappa shape index (κ1) is 17.9. The summed E-state index contributed by atoms with van der Waals surface area (Å²) in [5, 5.41) is 1.49. The Labute approximate surface area is 150 Å². The Morgan fingerprint density at radius 3 is 2.31 bits per heavy atom. The second kappa shape index (κ2) is 7.53. The van der Waals surface area contributed by atoms with E-state index in [0.29, 0.717) is 5.56 Å². The number of rotatable bonds is 6. The Morgan fingerprint density at radius 2 is 1.69 bits per heavy atom. The third-order valence-electron chi connectivity index (χ3n) is 3.86. The normalized spacial score (nSPS) is 12.5. The fraction of sp³-hybridized carbons (Fsp3) is 0.105. The van der Waals surface area contributed by atoms with Crippen molar-refractivity contribution in [3.05, 3.63) is 90.1 Å². The predicted octanol–water partition coefficient (Wildman–Crippen LogP) is 3.36. The number of hydrogen-bond acceptors (Lipinski definition) is 4. The largest absolute Gasteiger partial charge is 0.468 e. The van der Waals surface area contributed by atoms with Gasteiger partial charge in [-0.2, -0.15) is 0 Å². The lowest BCUT2D eigenvalue weighted by molar-refractivity contribution is 0.0953. The van der Waals surface area contributed by atoms with Gasteiger partial charge in [0.05, 0.1) is 11.2 Å². The van der Waals surface area contributed by atoms with Gasteiger partial charge in [0.15, 0.2) is 9.84 Å². The van der Waals surface area contributed by atoms with Gasteiger partial charge in [-0.1, -0.05) is 18.2 Å². The summed E-state index contributed by atoms with van der Waals surface area (Å²) in [5.74, 6) is -0.727. The monoisotopic (exact) mass is 373 g/mol. The van der Waals surface area contributed by atoms with Crippen LogP contribution in [0.3, 0.4) is 0 Å². The maximum absolute atomic E-state index is 13.1. The number of carbonyl (C=O) groups is 1. The first-order chi connectivity index (χ1) is 12.5. The van der Waals surface area contributed by atoms with E-state index in [0.717, 1.165) is 12.1 Å². The molecule has 0 saturated carbocycles. The highest BCUT2D eigenvalue weighted by Gasteiger charge is 2.32.